The molecule has 2 aromatic heterocycles. The summed E-state index contributed by atoms with van der Waals surface area (Å²) >= 11 is 0. The van der Waals surface area contributed by atoms with Gasteiger partial charge in [-0.15, -0.1) is 0 Å². The molecule has 2 amide bonds. The van der Waals surface area contributed by atoms with Crippen LogP contribution in [-0.2, 0) is 6.18 Å². The average molecular weight is 406 g/mol. The Kier molecular flexibility index (Phi) is 5.19. The Morgan fingerprint density at radius 3 is 2.21 bits per heavy atom. The molecule has 0 saturated heterocycles. The summed E-state index contributed by atoms with van der Waals surface area (Å²) in [5.74, 6) is -1.06. The van der Waals surface area contributed by atoms with E-state index in [1.807, 2.05) is 5.43 Å². The molecule has 152 valence electrons. The first-order valence-corrected chi connectivity index (χ1v) is 8.48. The fraction of sp³-hybridized carbons (Fsp3) is 0.211. The van der Waals surface area contributed by atoms with Crippen LogP contribution in [0.5, 0.6) is 0 Å². The van der Waals surface area contributed by atoms with E-state index in [9.17, 15) is 22.8 Å². The molecule has 0 aliphatic rings. The van der Waals surface area contributed by atoms with Crippen molar-refractivity contribution < 1.29 is 27.2 Å². The van der Waals surface area contributed by atoms with Crippen molar-refractivity contribution in [1.29, 1.82) is 0 Å². The van der Waals surface area contributed by atoms with Crippen LogP contribution in [0.1, 0.15) is 43.5 Å². The number of benzene rings is 1. The lowest BCUT2D eigenvalue weighted by Gasteiger charge is -2.14. The minimum Gasteiger partial charge on any atom is -0.466 e. The van der Waals surface area contributed by atoms with Gasteiger partial charge in [-0.05, 0) is 38.5 Å². The third kappa shape index (κ3) is 4.00. The molecule has 2 heterocycles. The van der Waals surface area contributed by atoms with Gasteiger partial charge >= 0.3 is 6.18 Å². The molecule has 0 aliphatic heterocycles. The number of para-hydroxylation sites is 1. The quantitative estimate of drug-likeness (QED) is 0.652. The average Bonchev–Trinajstić information content (AvgIpc) is 3.23. The van der Waals surface area contributed by atoms with Crippen LogP contribution >= 0.6 is 0 Å². The van der Waals surface area contributed by atoms with Gasteiger partial charge in [-0.25, -0.2) is 4.68 Å². The molecule has 29 heavy (non-hydrogen) atoms. The maximum atomic E-state index is 13.7. The lowest BCUT2D eigenvalue weighted by Crippen LogP contribution is -2.42. The summed E-state index contributed by atoms with van der Waals surface area (Å²) in [5.41, 5.74) is 3.01. The molecule has 0 saturated carbocycles. The Labute approximate surface area is 163 Å². The van der Waals surface area contributed by atoms with Crippen molar-refractivity contribution in [2.75, 3.05) is 0 Å². The highest BCUT2D eigenvalue weighted by Gasteiger charge is 2.40. The molecule has 3 aromatic rings. The van der Waals surface area contributed by atoms with Crippen molar-refractivity contribution >= 4 is 11.8 Å². The summed E-state index contributed by atoms with van der Waals surface area (Å²) < 4.78 is 47.0. The Morgan fingerprint density at radius 1 is 1.03 bits per heavy atom. The van der Waals surface area contributed by atoms with Crippen LogP contribution in [0.25, 0.3) is 5.69 Å². The fourth-order valence-electron chi connectivity index (χ4n) is 2.88. The molecule has 0 aliphatic carbocycles. The van der Waals surface area contributed by atoms with Crippen molar-refractivity contribution in [2.24, 2.45) is 0 Å². The van der Waals surface area contributed by atoms with E-state index in [0.29, 0.717) is 21.8 Å². The molecule has 0 atom stereocenters. The number of aryl methyl sites for hydroxylation is 3. The Bertz CT molecular complexity index is 1080. The highest BCUT2D eigenvalue weighted by atomic mass is 19.4. The van der Waals surface area contributed by atoms with Gasteiger partial charge in [0.15, 0.2) is 5.69 Å². The van der Waals surface area contributed by atoms with E-state index in [1.54, 1.807) is 39.0 Å². The molecular weight excluding hydrogens is 389 g/mol. The smallest absolute Gasteiger partial charge is 0.434 e. The van der Waals surface area contributed by atoms with E-state index in [4.69, 9.17) is 4.42 Å². The van der Waals surface area contributed by atoms with Crippen molar-refractivity contribution in [3.63, 3.8) is 0 Å². The van der Waals surface area contributed by atoms with Crippen LogP contribution in [0.15, 0.2) is 40.9 Å². The van der Waals surface area contributed by atoms with Crippen LogP contribution < -0.4 is 10.9 Å². The number of carbonyl (C=O) groups is 2. The second-order valence-electron chi connectivity index (χ2n) is 6.34. The number of rotatable bonds is 3. The molecule has 0 bridgehead atoms. The number of amides is 2. The van der Waals surface area contributed by atoms with Gasteiger partial charge in [0.2, 0.25) is 0 Å². The molecule has 0 spiro atoms. The van der Waals surface area contributed by atoms with Crippen LogP contribution in [0.2, 0.25) is 0 Å². The SMILES string of the molecule is Cc1cc(C(=O)NNC(=O)c2cnn(-c3ccccc3C)c2C(F)(F)F)c(C)o1. The Balaban J connectivity index is 1.88. The molecular formula is C19H17F3N4O3. The topological polar surface area (TPSA) is 89.2 Å². The number of alkyl halides is 3. The van der Waals surface area contributed by atoms with E-state index in [-0.39, 0.29) is 11.3 Å². The highest BCUT2D eigenvalue weighted by Crippen LogP contribution is 2.34. The Morgan fingerprint density at radius 2 is 1.66 bits per heavy atom. The Hall–Kier alpha value is -3.56. The van der Waals surface area contributed by atoms with Crippen LogP contribution in [0, 0.1) is 20.8 Å². The molecule has 7 nitrogen and oxygen atoms in total. The first-order valence-electron chi connectivity index (χ1n) is 8.48. The zero-order chi connectivity index (χ0) is 21.3. The molecule has 1 aromatic carbocycles. The zero-order valence-corrected chi connectivity index (χ0v) is 15.7. The van der Waals surface area contributed by atoms with Crippen LogP contribution in [-0.4, -0.2) is 21.6 Å². The van der Waals surface area contributed by atoms with Crippen molar-refractivity contribution in [3.8, 4) is 5.69 Å². The van der Waals surface area contributed by atoms with E-state index >= 15 is 0 Å². The van der Waals surface area contributed by atoms with Gasteiger partial charge in [0, 0.05) is 0 Å². The third-order valence-electron chi connectivity index (χ3n) is 4.20. The van der Waals surface area contributed by atoms with E-state index < -0.39 is 29.2 Å². The van der Waals surface area contributed by atoms with Gasteiger partial charge in [0.05, 0.1) is 23.0 Å². The summed E-state index contributed by atoms with van der Waals surface area (Å²) in [7, 11) is 0. The van der Waals surface area contributed by atoms with Gasteiger partial charge in [0.25, 0.3) is 11.8 Å². The number of halogens is 3. The van der Waals surface area contributed by atoms with Crippen molar-refractivity contribution in [2.45, 2.75) is 26.9 Å². The largest absolute Gasteiger partial charge is 0.466 e. The summed E-state index contributed by atoms with van der Waals surface area (Å²) in [6, 6.07) is 7.79. The minimum absolute atomic E-state index is 0.162. The highest BCUT2D eigenvalue weighted by molar-refractivity contribution is 6.00. The number of furan rings is 1. The number of carbonyl (C=O) groups excluding carboxylic acids is 2. The second kappa shape index (κ2) is 7.46. The lowest BCUT2D eigenvalue weighted by atomic mass is 10.2. The fourth-order valence-corrected chi connectivity index (χ4v) is 2.88. The summed E-state index contributed by atoms with van der Waals surface area (Å²) in [4.78, 5) is 24.5. The zero-order valence-electron chi connectivity index (χ0n) is 15.7. The van der Waals surface area contributed by atoms with Crippen LogP contribution in [0.4, 0.5) is 13.2 Å². The third-order valence-corrected chi connectivity index (χ3v) is 4.20. The molecule has 0 unspecified atom stereocenters. The molecule has 0 radical (unpaired) electrons. The monoisotopic (exact) mass is 406 g/mol. The molecule has 0 fully saturated rings. The number of hydrazine groups is 1. The molecule has 2 N–H and O–H groups in total. The van der Waals surface area contributed by atoms with Gasteiger partial charge in [0.1, 0.15) is 11.5 Å². The van der Waals surface area contributed by atoms with Gasteiger partial charge in [-0.1, -0.05) is 18.2 Å². The first kappa shape index (κ1) is 20.2. The minimum atomic E-state index is -4.85. The number of hydrogen-bond acceptors (Lipinski definition) is 4. The van der Waals surface area contributed by atoms with E-state index in [0.717, 1.165) is 6.20 Å². The predicted octanol–water partition coefficient (Wildman–Crippen LogP) is 3.48. The summed E-state index contributed by atoms with van der Waals surface area (Å²) in [5, 5.41) is 3.75. The maximum absolute atomic E-state index is 13.7. The van der Waals surface area contributed by atoms with Gasteiger partial charge in [-0.3, -0.25) is 20.4 Å². The summed E-state index contributed by atoms with van der Waals surface area (Å²) in [6.45, 7) is 4.82. The lowest BCUT2D eigenvalue weighted by molar-refractivity contribution is -0.143. The second-order valence-corrected chi connectivity index (χ2v) is 6.34. The number of nitrogens with zero attached hydrogens (tertiary/aromatic N) is 2. The van der Waals surface area contributed by atoms with Gasteiger partial charge < -0.3 is 4.42 Å². The van der Waals surface area contributed by atoms with Gasteiger partial charge in [-0.2, -0.15) is 18.3 Å². The number of nitrogens with one attached hydrogen (secondary N) is 2. The first-order chi connectivity index (χ1) is 13.6. The molecule has 3 rings (SSSR count). The standard InChI is InChI=1S/C19H17F3N4O3/c1-10-6-4-5-7-15(10)26-16(19(20,21)22)14(9-23-26)18(28)25-24-17(27)13-8-11(2)29-12(13)3/h4-9H,1-3H3,(H,24,27)(H,25,28). The normalized spacial score (nSPS) is 11.4. The molecule has 10 heteroatoms. The number of aromatic nitrogens is 2. The maximum Gasteiger partial charge on any atom is 0.434 e. The number of hydrogen-bond donors (Lipinski definition) is 2. The van der Waals surface area contributed by atoms with Crippen molar-refractivity contribution in [3.05, 3.63) is 70.4 Å². The summed E-state index contributed by atoms with van der Waals surface area (Å²) in [6.07, 6.45) is -4.04. The predicted molar refractivity (Wildman–Crippen MR) is 96.4 cm³/mol. The van der Waals surface area contributed by atoms with Crippen LogP contribution in [0.3, 0.4) is 0 Å². The van der Waals surface area contributed by atoms with E-state index in [1.165, 1.54) is 12.1 Å². The van der Waals surface area contributed by atoms with E-state index in [2.05, 4.69) is 10.5 Å². The van der Waals surface area contributed by atoms with Crippen molar-refractivity contribution in [1.82, 2.24) is 20.6 Å².